The second-order valence-electron chi connectivity index (χ2n) is 4.46. The Morgan fingerprint density at radius 3 is 2.89 bits per heavy atom. The Balaban J connectivity index is 2.74. The molecule has 0 N–H and O–H groups in total. The molecule has 0 saturated carbocycles. The summed E-state index contributed by atoms with van der Waals surface area (Å²) in [7, 11) is 0. The van der Waals surface area contributed by atoms with Crippen molar-refractivity contribution in [3.8, 4) is 0 Å². The van der Waals surface area contributed by atoms with Gasteiger partial charge in [-0.2, -0.15) is 0 Å². The van der Waals surface area contributed by atoms with Crippen LogP contribution in [0.1, 0.15) is 39.5 Å². The number of hydrogen-bond acceptors (Lipinski definition) is 1. The summed E-state index contributed by atoms with van der Waals surface area (Å²) in [6.07, 6.45) is 17.0. The summed E-state index contributed by atoms with van der Waals surface area (Å²) in [6.45, 7) is 9.01. The van der Waals surface area contributed by atoms with E-state index in [1.807, 2.05) is 6.08 Å². The van der Waals surface area contributed by atoms with E-state index in [0.29, 0.717) is 6.61 Å². The van der Waals surface area contributed by atoms with Crippen LogP contribution in [-0.2, 0) is 4.74 Å². The van der Waals surface area contributed by atoms with Crippen molar-refractivity contribution in [2.24, 2.45) is 0 Å². The average Bonchev–Trinajstić information content (AvgIpc) is 2.43. The van der Waals surface area contributed by atoms with Crippen molar-refractivity contribution in [3.63, 3.8) is 0 Å². The molecule has 0 fully saturated rings. The molecule has 1 nitrogen and oxygen atoms in total. The Kier molecular flexibility index (Phi) is 6.93. The first kappa shape index (κ1) is 14.6. The van der Waals surface area contributed by atoms with Crippen LogP contribution in [0.15, 0.2) is 59.9 Å². The summed E-state index contributed by atoms with van der Waals surface area (Å²) in [5.74, 6) is 0. The molecule has 0 aromatic rings. The van der Waals surface area contributed by atoms with E-state index in [0.717, 1.165) is 18.4 Å². The molecule has 0 radical (unpaired) electrons. The van der Waals surface area contributed by atoms with E-state index in [-0.39, 0.29) is 0 Å². The number of unbranched alkanes of at least 4 members (excludes halogenated alkanes) is 1. The van der Waals surface area contributed by atoms with Gasteiger partial charge in [0.15, 0.2) is 0 Å². The van der Waals surface area contributed by atoms with E-state index in [1.54, 1.807) is 6.26 Å². The lowest BCUT2D eigenvalue weighted by Crippen LogP contribution is -1.96. The van der Waals surface area contributed by atoms with Crippen LogP contribution >= 0.6 is 0 Å². The standard InChI is InChI=1S/C17H24O/c1-4-6-9-16(10-7-8-15(3)5-2)17-11-13-18-14-12-17/h7-8,10-13H,3-6,9,14H2,1-2H3/b8-7-,16-10+. The molecule has 1 aliphatic heterocycles. The zero-order valence-corrected chi connectivity index (χ0v) is 11.6. The Morgan fingerprint density at radius 2 is 2.28 bits per heavy atom. The third-order valence-electron chi connectivity index (χ3n) is 3.00. The van der Waals surface area contributed by atoms with Gasteiger partial charge in [-0.15, -0.1) is 0 Å². The summed E-state index contributed by atoms with van der Waals surface area (Å²) in [5, 5.41) is 0. The Bertz CT molecular complexity index is 380. The molecule has 0 unspecified atom stereocenters. The molecule has 0 aromatic carbocycles. The van der Waals surface area contributed by atoms with Crippen LogP contribution in [0.5, 0.6) is 0 Å². The number of ether oxygens (including phenoxy) is 1. The van der Waals surface area contributed by atoms with Crippen LogP contribution in [0.2, 0.25) is 0 Å². The molecule has 98 valence electrons. The van der Waals surface area contributed by atoms with Crippen LogP contribution in [0.25, 0.3) is 0 Å². The lowest BCUT2D eigenvalue weighted by atomic mass is 9.98. The van der Waals surface area contributed by atoms with Gasteiger partial charge in [-0.05, 0) is 42.6 Å². The summed E-state index contributed by atoms with van der Waals surface area (Å²) < 4.78 is 5.20. The highest BCUT2D eigenvalue weighted by molar-refractivity contribution is 5.42. The molecule has 1 aliphatic rings. The Labute approximate surface area is 111 Å². The maximum absolute atomic E-state index is 5.20. The normalized spacial score (nSPS) is 15.7. The van der Waals surface area contributed by atoms with Crippen molar-refractivity contribution in [3.05, 3.63) is 59.9 Å². The molecule has 1 heterocycles. The quantitative estimate of drug-likeness (QED) is 0.566. The van der Waals surface area contributed by atoms with Gasteiger partial charge in [0.05, 0.1) is 6.26 Å². The van der Waals surface area contributed by atoms with E-state index in [9.17, 15) is 0 Å². The lowest BCUT2D eigenvalue weighted by molar-refractivity contribution is 0.284. The first-order chi connectivity index (χ1) is 8.77. The maximum atomic E-state index is 5.20. The highest BCUT2D eigenvalue weighted by Gasteiger charge is 2.03. The summed E-state index contributed by atoms with van der Waals surface area (Å²) in [5.41, 5.74) is 3.84. The lowest BCUT2D eigenvalue weighted by Gasteiger charge is -2.11. The molecule has 0 atom stereocenters. The first-order valence-electron chi connectivity index (χ1n) is 6.81. The fraction of sp³-hybridized carbons (Fsp3) is 0.412. The Morgan fingerprint density at radius 1 is 1.44 bits per heavy atom. The molecule has 0 amide bonds. The molecular formula is C17H24O. The van der Waals surface area contributed by atoms with Crippen molar-refractivity contribution in [2.75, 3.05) is 6.61 Å². The van der Waals surface area contributed by atoms with Crippen LogP contribution in [0.4, 0.5) is 0 Å². The third kappa shape index (κ3) is 5.22. The molecule has 1 rings (SSSR count). The highest BCUT2D eigenvalue weighted by Crippen LogP contribution is 2.21. The first-order valence-corrected chi connectivity index (χ1v) is 6.81. The van der Waals surface area contributed by atoms with Crippen LogP contribution in [-0.4, -0.2) is 6.61 Å². The average molecular weight is 244 g/mol. The highest BCUT2D eigenvalue weighted by atomic mass is 16.5. The molecular weight excluding hydrogens is 220 g/mol. The zero-order chi connectivity index (χ0) is 13.2. The van der Waals surface area contributed by atoms with Crippen molar-refractivity contribution >= 4 is 0 Å². The third-order valence-corrected chi connectivity index (χ3v) is 3.00. The molecule has 18 heavy (non-hydrogen) atoms. The molecule has 0 aromatic heterocycles. The minimum absolute atomic E-state index is 0.681. The predicted octanol–water partition coefficient (Wildman–Crippen LogP) is 5.10. The zero-order valence-electron chi connectivity index (χ0n) is 11.6. The van der Waals surface area contributed by atoms with E-state index >= 15 is 0 Å². The predicted molar refractivity (Wildman–Crippen MR) is 79.4 cm³/mol. The smallest absolute Gasteiger partial charge is 0.106 e. The van der Waals surface area contributed by atoms with Gasteiger partial charge in [-0.1, -0.05) is 50.6 Å². The van der Waals surface area contributed by atoms with Gasteiger partial charge >= 0.3 is 0 Å². The molecule has 0 spiro atoms. The van der Waals surface area contributed by atoms with Crippen molar-refractivity contribution in [2.45, 2.75) is 39.5 Å². The molecule has 0 aliphatic carbocycles. The van der Waals surface area contributed by atoms with E-state index in [1.165, 1.54) is 24.0 Å². The van der Waals surface area contributed by atoms with Gasteiger partial charge in [-0.3, -0.25) is 0 Å². The van der Waals surface area contributed by atoms with Crippen LogP contribution < -0.4 is 0 Å². The van der Waals surface area contributed by atoms with Gasteiger partial charge < -0.3 is 4.74 Å². The second-order valence-corrected chi connectivity index (χ2v) is 4.46. The Hall–Kier alpha value is -1.50. The van der Waals surface area contributed by atoms with E-state index in [4.69, 9.17) is 4.74 Å². The number of rotatable bonds is 7. The molecule has 1 heteroatoms. The summed E-state index contributed by atoms with van der Waals surface area (Å²) in [4.78, 5) is 0. The fourth-order valence-corrected chi connectivity index (χ4v) is 1.73. The topological polar surface area (TPSA) is 9.23 Å². The minimum Gasteiger partial charge on any atom is -0.497 e. The summed E-state index contributed by atoms with van der Waals surface area (Å²) in [6, 6.07) is 0. The van der Waals surface area contributed by atoms with Crippen molar-refractivity contribution in [1.82, 2.24) is 0 Å². The monoisotopic (exact) mass is 244 g/mol. The van der Waals surface area contributed by atoms with Gasteiger partial charge in [0.25, 0.3) is 0 Å². The van der Waals surface area contributed by atoms with Gasteiger partial charge in [-0.25, -0.2) is 0 Å². The van der Waals surface area contributed by atoms with Gasteiger partial charge in [0.2, 0.25) is 0 Å². The second kappa shape index (κ2) is 8.57. The van der Waals surface area contributed by atoms with Gasteiger partial charge in [0, 0.05) is 0 Å². The SMILES string of the molecule is C=C(/C=C\C=C(/CCCC)C1=CCOC=C1)CC. The molecule has 0 bridgehead atoms. The van der Waals surface area contributed by atoms with Crippen molar-refractivity contribution < 1.29 is 4.74 Å². The summed E-state index contributed by atoms with van der Waals surface area (Å²) >= 11 is 0. The van der Waals surface area contributed by atoms with Crippen LogP contribution in [0.3, 0.4) is 0 Å². The van der Waals surface area contributed by atoms with Crippen LogP contribution in [0, 0.1) is 0 Å². The number of hydrogen-bond donors (Lipinski definition) is 0. The van der Waals surface area contributed by atoms with E-state index in [2.05, 4.69) is 44.7 Å². The number of allylic oxidation sites excluding steroid dienone is 7. The van der Waals surface area contributed by atoms with Crippen molar-refractivity contribution in [1.29, 1.82) is 0 Å². The minimum atomic E-state index is 0.681. The largest absolute Gasteiger partial charge is 0.497 e. The molecule has 0 saturated heterocycles. The van der Waals surface area contributed by atoms with Gasteiger partial charge in [0.1, 0.15) is 6.61 Å². The van der Waals surface area contributed by atoms with E-state index < -0.39 is 0 Å². The maximum Gasteiger partial charge on any atom is 0.106 e. The fourth-order valence-electron chi connectivity index (χ4n) is 1.73.